The van der Waals surface area contributed by atoms with E-state index in [-0.39, 0.29) is 11.8 Å². The maximum absolute atomic E-state index is 11.9. The summed E-state index contributed by atoms with van der Waals surface area (Å²) < 4.78 is 0. The predicted octanol–water partition coefficient (Wildman–Crippen LogP) is 2.50. The Morgan fingerprint density at radius 1 is 1.33 bits per heavy atom. The molecule has 0 radical (unpaired) electrons. The minimum Gasteiger partial charge on any atom is -0.273 e. The monoisotopic (exact) mass is 245 g/mol. The first-order valence-electron chi connectivity index (χ1n) is 6.53. The van der Waals surface area contributed by atoms with Crippen molar-refractivity contribution in [1.29, 1.82) is 0 Å². The van der Waals surface area contributed by atoms with Gasteiger partial charge in [-0.15, -0.1) is 0 Å². The molecule has 2 rings (SSSR count). The first-order valence-corrected chi connectivity index (χ1v) is 6.53. The van der Waals surface area contributed by atoms with Crippen LogP contribution in [-0.4, -0.2) is 16.6 Å². The fourth-order valence-corrected chi connectivity index (χ4v) is 2.23. The van der Waals surface area contributed by atoms with E-state index in [1.807, 2.05) is 25.1 Å². The van der Waals surface area contributed by atoms with Crippen molar-refractivity contribution in [2.45, 2.75) is 39.0 Å². The molecule has 96 valence electrons. The van der Waals surface area contributed by atoms with Crippen molar-refractivity contribution in [3.8, 4) is 0 Å². The topological polar surface area (TPSA) is 54.4 Å². The molecule has 1 heterocycles. The fourth-order valence-electron chi connectivity index (χ4n) is 2.23. The van der Waals surface area contributed by atoms with Crippen LogP contribution in [0.25, 0.3) is 0 Å². The van der Waals surface area contributed by atoms with Crippen LogP contribution in [0.2, 0.25) is 0 Å². The molecular weight excluding hydrogens is 226 g/mol. The standard InChI is InChI=1S/C14H19N3O/c1-11(13-9-5-6-10-15-13)16-17-14(18)12-7-3-2-4-8-12/h5-6,9-10,12H,2-4,7-8H2,1H3,(H,17,18). The van der Waals surface area contributed by atoms with Gasteiger partial charge in [-0.2, -0.15) is 5.10 Å². The molecule has 4 heteroatoms. The van der Waals surface area contributed by atoms with E-state index in [4.69, 9.17) is 0 Å². The Labute approximate surface area is 108 Å². The summed E-state index contributed by atoms with van der Waals surface area (Å²) in [6.07, 6.45) is 7.26. The number of amides is 1. The number of hydrazone groups is 1. The Bertz CT molecular complexity index is 422. The van der Waals surface area contributed by atoms with E-state index in [0.29, 0.717) is 0 Å². The lowest BCUT2D eigenvalue weighted by molar-refractivity contribution is -0.125. The summed E-state index contributed by atoms with van der Waals surface area (Å²) in [5.74, 6) is 0.184. The van der Waals surface area contributed by atoms with Gasteiger partial charge in [0, 0.05) is 12.1 Å². The molecule has 18 heavy (non-hydrogen) atoms. The number of carbonyl (C=O) groups excluding carboxylic acids is 1. The van der Waals surface area contributed by atoms with Crippen LogP contribution in [0.4, 0.5) is 0 Å². The van der Waals surface area contributed by atoms with Gasteiger partial charge in [-0.1, -0.05) is 25.3 Å². The van der Waals surface area contributed by atoms with Crippen LogP contribution >= 0.6 is 0 Å². The zero-order valence-corrected chi connectivity index (χ0v) is 10.7. The van der Waals surface area contributed by atoms with Crippen molar-refractivity contribution in [2.75, 3.05) is 0 Å². The number of nitrogens with zero attached hydrogens (tertiary/aromatic N) is 2. The smallest absolute Gasteiger partial charge is 0.243 e. The van der Waals surface area contributed by atoms with Crippen molar-refractivity contribution in [1.82, 2.24) is 10.4 Å². The third-order valence-electron chi connectivity index (χ3n) is 3.35. The predicted molar refractivity (Wildman–Crippen MR) is 71.2 cm³/mol. The second-order valence-electron chi connectivity index (χ2n) is 4.72. The summed E-state index contributed by atoms with van der Waals surface area (Å²) in [5.41, 5.74) is 4.19. The maximum Gasteiger partial charge on any atom is 0.243 e. The second kappa shape index (κ2) is 6.28. The van der Waals surface area contributed by atoms with Gasteiger partial charge in [0.05, 0.1) is 11.4 Å². The summed E-state index contributed by atoms with van der Waals surface area (Å²) in [4.78, 5) is 16.1. The van der Waals surface area contributed by atoms with E-state index < -0.39 is 0 Å². The van der Waals surface area contributed by atoms with Gasteiger partial charge in [-0.05, 0) is 31.9 Å². The largest absolute Gasteiger partial charge is 0.273 e. The molecule has 1 amide bonds. The molecule has 0 saturated heterocycles. The van der Waals surface area contributed by atoms with E-state index in [2.05, 4.69) is 15.5 Å². The molecule has 0 spiro atoms. The normalized spacial score (nSPS) is 17.5. The Hall–Kier alpha value is -1.71. The molecule has 1 aromatic heterocycles. The minimum atomic E-state index is 0.0463. The molecule has 0 bridgehead atoms. The molecule has 0 atom stereocenters. The Morgan fingerprint density at radius 3 is 2.78 bits per heavy atom. The highest BCUT2D eigenvalue weighted by atomic mass is 16.2. The summed E-state index contributed by atoms with van der Waals surface area (Å²) in [6, 6.07) is 5.65. The van der Waals surface area contributed by atoms with Gasteiger partial charge in [0.15, 0.2) is 0 Å². The highest BCUT2D eigenvalue weighted by Crippen LogP contribution is 2.23. The SMILES string of the molecule is CC(=NNC(=O)C1CCCCC1)c1ccccn1. The van der Waals surface area contributed by atoms with Crippen molar-refractivity contribution in [3.05, 3.63) is 30.1 Å². The average Bonchev–Trinajstić information content (AvgIpc) is 2.46. The van der Waals surface area contributed by atoms with Crippen LogP contribution in [0, 0.1) is 5.92 Å². The average molecular weight is 245 g/mol. The highest BCUT2D eigenvalue weighted by Gasteiger charge is 2.20. The quantitative estimate of drug-likeness (QED) is 0.657. The molecule has 1 fully saturated rings. The third-order valence-corrected chi connectivity index (χ3v) is 3.35. The second-order valence-corrected chi connectivity index (χ2v) is 4.72. The van der Waals surface area contributed by atoms with Gasteiger partial charge in [0.2, 0.25) is 5.91 Å². The number of hydrogen-bond acceptors (Lipinski definition) is 3. The summed E-state index contributed by atoms with van der Waals surface area (Å²) in [6.45, 7) is 1.85. The first kappa shape index (κ1) is 12.7. The lowest BCUT2D eigenvalue weighted by atomic mass is 9.89. The van der Waals surface area contributed by atoms with Crippen LogP contribution in [0.15, 0.2) is 29.5 Å². The molecule has 1 aromatic rings. The van der Waals surface area contributed by atoms with Gasteiger partial charge < -0.3 is 0 Å². The van der Waals surface area contributed by atoms with Crippen molar-refractivity contribution in [2.24, 2.45) is 11.0 Å². The van der Waals surface area contributed by atoms with Gasteiger partial charge >= 0.3 is 0 Å². The third kappa shape index (κ3) is 3.39. The summed E-state index contributed by atoms with van der Waals surface area (Å²) in [5, 5.41) is 4.12. The fraction of sp³-hybridized carbons (Fsp3) is 0.500. The number of rotatable bonds is 3. The molecule has 0 unspecified atom stereocenters. The van der Waals surface area contributed by atoms with Crippen LogP contribution in [-0.2, 0) is 4.79 Å². The Morgan fingerprint density at radius 2 is 2.11 bits per heavy atom. The van der Waals surface area contributed by atoms with Crippen LogP contribution in [0.5, 0.6) is 0 Å². The first-order chi connectivity index (χ1) is 8.77. The minimum absolute atomic E-state index is 0.0463. The zero-order valence-electron chi connectivity index (χ0n) is 10.7. The van der Waals surface area contributed by atoms with Crippen molar-refractivity contribution >= 4 is 11.6 Å². The number of pyridine rings is 1. The van der Waals surface area contributed by atoms with Crippen molar-refractivity contribution < 1.29 is 4.79 Å². The molecule has 4 nitrogen and oxygen atoms in total. The zero-order chi connectivity index (χ0) is 12.8. The molecule has 0 aromatic carbocycles. The van der Waals surface area contributed by atoms with Gasteiger partial charge in [0.25, 0.3) is 0 Å². The molecular formula is C14H19N3O. The van der Waals surface area contributed by atoms with Crippen LogP contribution in [0.3, 0.4) is 0 Å². The van der Waals surface area contributed by atoms with Crippen molar-refractivity contribution in [3.63, 3.8) is 0 Å². The number of hydrogen-bond donors (Lipinski definition) is 1. The Balaban J connectivity index is 1.91. The number of nitrogens with one attached hydrogen (secondary N) is 1. The molecule has 1 aliphatic carbocycles. The van der Waals surface area contributed by atoms with E-state index in [1.165, 1.54) is 6.42 Å². The lowest BCUT2D eigenvalue weighted by Crippen LogP contribution is -2.29. The Kier molecular flexibility index (Phi) is 4.45. The number of carbonyl (C=O) groups is 1. The molecule has 1 saturated carbocycles. The number of aromatic nitrogens is 1. The van der Waals surface area contributed by atoms with Crippen LogP contribution in [0.1, 0.15) is 44.7 Å². The van der Waals surface area contributed by atoms with Gasteiger partial charge in [-0.3, -0.25) is 9.78 Å². The summed E-state index contributed by atoms with van der Waals surface area (Å²) >= 11 is 0. The van der Waals surface area contributed by atoms with Gasteiger partial charge in [-0.25, -0.2) is 5.43 Å². The molecule has 1 aliphatic rings. The van der Waals surface area contributed by atoms with Crippen LogP contribution < -0.4 is 5.43 Å². The molecule has 0 aliphatic heterocycles. The van der Waals surface area contributed by atoms with E-state index in [0.717, 1.165) is 37.1 Å². The van der Waals surface area contributed by atoms with E-state index in [1.54, 1.807) is 6.20 Å². The molecule has 1 N–H and O–H groups in total. The van der Waals surface area contributed by atoms with E-state index in [9.17, 15) is 4.79 Å². The summed E-state index contributed by atoms with van der Waals surface area (Å²) in [7, 11) is 0. The highest BCUT2D eigenvalue weighted by molar-refractivity contribution is 5.97. The van der Waals surface area contributed by atoms with E-state index >= 15 is 0 Å². The maximum atomic E-state index is 11.9. The lowest BCUT2D eigenvalue weighted by Gasteiger charge is -2.19. The van der Waals surface area contributed by atoms with Gasteiger partial charge in [0.1, 0.15) is 0 Å².